The van der Waals surface area contributed by atoms with Crippen LogP contribution in [-0.2, 0) is 4.79 Å². The van der Waals surface area contributed by atoms with Crippen molar-refractivity contribution in [2.24, 2.45) is 10.7 Å². The van der Waals surface area contributed by atoms with Crippen molar-refractivity contribution in [3.8, 4) is 0 Å². The predicted molar refractivity (Wildman–Crippen MR) is 56.4 cm³/mol. The predicted octanol–water partition coefficient (Wildman–Crippen LogP) is 1.15. The van der Waals surface area contributed by atoms with E-state index in [0.29, 0.717) is 0 Å². The van der Waals surface area contributed by atoms with Gasteiger partial charge in [-0.3, -0.25) is 9.10 Å². The lowest BCUT2D eigenvalue weighted by Crippen LogP contribution is -2.28. The minimum Gasteiger partial charge on any atom is -0.368 e. The summed E-state index contributed by atoms with van der Waals surface area (Å²) in [4.78, 5) is 15.9. The molecule has 1 aromatic rings. The molecule has 0 aromatic heterocycles. The SMILES string of the molecule is NC(=O)CN1C=Nc2ccccc2S1. The second-order valence-electron chi connectivity index (χ2n) is 2.85. The molecule has 0 spiro atoms. The molecule has 0 atom stereocenters. The van der Waals surface area contributed by atoms with Crippen molar-refractivity contribution in [1.82, 2.24) is 4.31 Å². The van der Waals surface area contributed by atoms with Gasteiger partial charge in [-0.25, -0.2) is 4.99 Å². The van der Waals surface area contributed by atoms with Crippen LogP contribution in [-0.4, -0.2) is 23.1 Å². The van der Waals surface area contributed by atoms with Crippen LogP contribution in [0.15, 0.2) is 34.2 Å². The molecule has 72 valence electrons. The van der Waals surface area contributed by atoms with Gasteiger partial charge >= 0.3 is 0 Å². The molecule has 1 aromatic carbocycles. The minimum absolute atomic E-state index is 0.183. The molecule has 2 rings (SSSR count). The quantitative estimate of drug-likeness (QED) is 0.740. The van der Waals surface area contributed by atoms with Crippen LogP contribution >= 0.6 is 11.9 Å². The average molecular weight is 207 g/mol. The molecule has 1 heterocycles. The number of carbonyl (C=O) groups is 1. The van der Waals surface area contributed by atoms with E-state index in [1.54, 1.807) is 10.6 Å². The number of nitrogens with zero attached hydrogens (tertiary/aromatic N) is 2. The highest BCUT2D eigenvalue weighted by Gasteiger charge is 2.13. The van der Waals surface area contributed by atoms with Crippen molar-refractivity contribution >= 4 is 29.9 Å². The number of primary amides is 1. The Morgan fingerprint density at radius 1 is 1.50 bits per heavy atom. The average Bonchev–Trinajstić information content (AvgIpc) is 2.17. The molecule has 1 aliphatic heterocycles. The third kappa shape index (κ3) is 1.88. The molecule has 0 radical (unpaired) electrons. The molecular formula is C9H9N3OS. The van der Waals surface area contributed by atoms with Gasteiger partial charge in [0, 0.05) is 0 Å². The third-order valence-electron chi connectivity index (χ3n) is 1.72. The molecule has 2 N–H and O–H groups in total. The van der Waals surface area contributed by atoms with Crippen LogP contribution in [0.25, 0.3) is 0 Å². The molecule has 0 bridgehead atoms. The summed E-state index contributed by atoms with van der Waals surface area (Å²) in [5.41, 5.74) is 6.02. The highest BCUT2D eigenvalue weighted by molar-refractivity contribution is 7.97. The van der Waals surface area contributed by atoms with Gasteiger partial charge in [-0.2, -0.15) is 0 Å². The Balaban J connectivity index is 2.17. The third-order valence-corrected chi connectivity index (χ3v) is 2.72. The van der Waals surface area contributed by atoms with Gasteiger partial charge in [0.15, 0.2) is 0 Å². The lowest BCUT2D eigenvalue weighted by Gasteiger charge is -2.20. The fraction of sp³-hybridized carbons (Fsp3) is 0.111. The largest absolute Gasteiger partial charge is 0.368 e. The minimum atomic E-state index is -0.358. The van der Waals surface area contributed by atoms with Gasteiger partial charge in [-0.1, -0.05) is 12.1 Å². The van der Waals surface area contributed by atoms with Crippen LogP contribution in [0.2, 0.25) is 0 Å². The van der Waals surface area contributed by atoms with Crippen molar-refractivity contribution < 1.29 is 4.79 Å². The van der Waals surface area contributed by atoms with Crippen LogP contribution in [0.5, 0.6) is 0 Å². The van der Waals surface area contributed by atoms with Gasteiger partial charge in [0.2, 0.25) is 5.91 Å². The molecule has 14 heavy (non-hydrogen) atoms. The molecular weight excluding hydrogens is 198 g/mol. The first-order valence-electron chi connectivity index (χ1n) is 4.12. The summed E-state index contributed by atoms with van der Waals surface area (Å²) in [7, 11) is 0. The number of rotatable bonds is 2. The van der Waals surface area contributed by atoms with E-state index in [1.807, 2.05) is 24.3 Å². The number of hydrogen-bond donors (Lipinski definition) is 1. The summed E-state index contributed by atoms with van der Waals surface area (Å²) in [6.07, 6.45) is 1.62. The standard InChI is InChI=1S/C9H9N3OS/c10-9(13)5-12-6-11-7-3-1-2-4-8(7)14-12/h1-4,6H,5H2,(H2,10,13). The number of nitrogens with two attached hydrogens (primary N) is 1. The Morgan fingerprint density at radius 2 is 2.29 bits per heavy atom. The van der Waals surface area contributed by atoms with E-state index < -0.39 is 0 Å². The second kappa shape index (κ2) is 3.71. The van der Waals surface area contributed by atoms with Gasteiger partial charge in [0.05, 0.1) is 10.6 Å². The van der Waals surface area contributed by atoms with Crippen molar-refractivity contribution in [2.45, 2.75) is 4.90 Å². The molecule has 4 nitrogen and oxygen atoms in total. The monoisotopic (exact) mass is 207 g/mol. The van der Waals surface area contributed by atoms with Crippen molar-refractivity contribution in [3.05, 3.63) is 24.3 Å². The fourth-order valence-corrected chi connectivity index (χ4v) is 2.04. The summed E-state index contributed by atoms with van der Waals surface area (Å²) in [6.45, 7) is 0.183. The number of aliphatic imine (C=N–C) groups is 1. The van der Waals surface area contributed by atoms with Crippen molar-refractivity contribution in [2.75, 3.05) is 6.54 Å². The molecule has 0 unspecified atom stereocenters. The Morgan fingerprint density at radius 3 is 3.07 bits per heavy atom. The van der Waals surface area contributed by atoms with Crippen molar-refractivity contribution in [3.63, 3.8) is 0 Å². The van der Waals surface area contributed by atoms with E-state index >= 15 is 0 Å². The zero-order chi connectivity index (χ0) is 9.97. The summed E-state index contributed by atoms with van der Waals surface area (Å²) in [6, 6.07) is 7.76. The number of amides is 1. The first-order valence-corrected chi connectivity index (χ1v) is 4.89. The number of benzene rings is 1. The van der Waals surface area contributed by atoms with E-state index in [2.05, 4.69) is 4.99 Å². The zero-order valence-electron chi connectivity index (χ0n) is 7.38. The van der Waals surface area contributed by atoms with Gasteiger partial charge in [-0.05, 0) is 24.1 Å². The first kappa shape index (κ1) is 9.08. The highest BCUT2D eigenvalue weighted by atomic mass is 32.2. The van der Waals surface area contributed by atoms with E-state index in [1.165, 1.54) is 11.9 Å². The molecule has 0 saturated heterocycles. The maximum atomic E-state index is 10.7. The summed E-state index contributed by atoms with van der Waals surface area (Å²) in [5, 5.41) is 0. The van der Waals surface area contributed by atoms with Crippen LogP contribution < -0.4 is 5.73 Å². The van der Waals surface area contributed by atoms with Gasteiger partial charge in [0.1, 0.15) is 12.9 Å². The first-order chi connectivity index (χ1) is 6.75. The molecule has 0 aliphatic carbocycles. The maximum absolute atomic E-state index is 10.7. The molecule has 1 aliphatic rings. The smallest absolute Gasteiger partial charge is 0.238 e. The van der Waals surface area contributed by atoms with Crippen molar-refractivity contribution in [1.29, 1.82) is 0 Å². The number of fused-ring (bicyclic) bond motifs is 1. The Bertz CT molecular complexity index is 391. The van der Waals surface area contributed by atoms with Crippen LogP contribution in [0.4, 0.5) is 5.69 Å². The molecule has 0 fully saturated rings. The topological polar surface area (TPSA) is 58.7 Å². The number of carbonyl (C=O) groups excluding carboxylic acids is 1. The Labute approximate surface area is 85.9 Å². The fourth-order valence-electron chi connectivity index (χ4n) is 1.14. The normalized spacial score (nSPS) is 13.9. The van der Waals surface area contributed by atoms with E-state index in [-0.39, 0.29) is 12.5 Å². The zero-order valence-corrected chi connectivity index (χ0v) is 8.20. The van der Waals surface area contributed by atoms with Gasteiger partial charge < -0.3 is 5.73 Å². The Hall–Kier alpha value is -1.49. The summed E-state index contributed by atoms with van der Waals surface area (Å²) < 4.78 is 1.71. The van der Waals surface area contributed by atoms with Crippen LogP contribution in [0, 0.1) is 0 Å². The Kier molecular flexibility index (Phi) is 2.41. The summed E-state index contributed by atoms with van der Waals surface area (Å²) in [5.74, 6) is -0.358. The summed E-state index contributed by atoms with van der Waals surface area (Å²) >= 11 is 1.47. The van der Waals surface area contributed by atoms with E-state index in [9.17, 15) is 4.79 Å². The molecule has 1 amide bonds. The molecule has 5 heteroatoms. The number of para-hydroxylation sites is 1. The van der Waals surface area contributed by atoms with Crippen LogP contribution in [0.3, 0.4) is 0 Å². The lowest BCUT2D eigenvalue weighted by molar-refractivity contribution is -0.117. The highest BCUT2D eigenvalue weighted by Crippen LogP contribution is 2.34. The molecule has 0 saturated carbocycles. The van der Waals surface area contributed by atoms with E-state index in [4.69, 9.17) is 5.73 Å². The second-order valence-corrected chi connectivity index (χ2v) is 3.94. The number of hydrogen-bond acceptors (Lipinski definition) is 4. The van der Waals surface area contributed by atoms with Crippen LogP contribution in [0.1, 0.15) is 0 Å². The maximum Gasteiger partial charge on any atom is 0.238 e. The lowest BCUT2D eigenvalue weighted by atomic mass is 10.3. The van der Waals surface area contributed by atoms with Gasteiger partial charge in [-0.15, -0.1) is 0 Å². The van der Waals surface area contributed by atoms with Gasteiger partial charge in [0.25, 0.3) is 0 Å². The van der Waals surface area contributed by atoms with E-state index in [0.717, 1.165) is 10.6 Å².